The summed E-state index contributed by atoms with van der Waals surface area (Å²) in [6, 6.07) is 17.1. The summed E-state index contributed by atoms with van der Waals surface area (Å²) in [5.41, 5.74) is 1.28. The predicted octanol–water partition coefficient (Wildman–Crippen LogP) is 3.92. The number of benzene rings is 2. The van der Waals surface area contributed by atoms with Crippen LogP contribution in [-0.2, 0) is 16.4 Å². The van der Waals surface area contributed by atoms with Gasteiger partial charge in [0.15, 0.2) is 0 Å². The van der Waals surface area contributed by atoms with Crippen molar-refractivity contribution in [3.05, 3.63) is 71.5 Å². The van der Waals surface area contributed by atoms with Crippen molar-refractivity contribution in [1.82, 2.24) is 4.98 Å². The van der Waals surface area contributed by atoms with Gasteiger partial charge in [-0.2, -0.15) is 14.3 Å². The number of piperidine rings is 1. The lowest BCUT2D eigenvalue weighted by molar-refractivity contribution is -0.825. The molecule has 1 aliphatic rings. The third-order valence-electron chi connectivity index (χ3n) is 5.67. The first-order valence-corrected chi connectivity index (χ1v) is 11.2. The molecule has 0 amide bonds. The molecule has 1 aliphatic heterocycles. The molecule has 0 radical (unpaired) electrons. The fourth-order valence-electron chi connectivity index (χ4n) is 4.01. The van der Waals surface area contributed by atoms with Crippen LogP contribution in [0.2, 0.25) is 5.15 Å². The lowest BCUT2D eigenvalue weighted by Gasteiger charge is -2.37. The van der Waals surface area contributed by atoms with E-state index in [1.54, 1.807) is 24.3 Å². The van der Waals surface area contributed by atoms with Crippen LogP contribution < -0.4 is 5.84 Å². The van der Waals surface area contributed by atoms with Crippen LogP contribution in [0.4, 0.5) is 0 Å². The van der Waals surface area contributed by atoms with Crippen LogP contribution in [0.3, 0.4) is 0 Å². The van der Waals surface area contributed by atoms with Gasteiger partial charge < -0.3 is 0 Å². The second kappa shape index (κ2) is 7.44. The van der Waals surface area contributed by atoms with Crippen LogP contribution in [0.25, 0.3) is 10.8 Å². The quantitative estimate of drug-likeness (QED) is 0.397. The predicted molar refractivity (Wildman–Crippen MR) is 111 cm³/mol. The Morgan fingerprint density at radius 2 is 1.71 bits per heavy atom. The van der Waals surface area contributed by atoms with E-state index in [4.69, 9.17) is 17.4 Å². The fraction of sp³-hybridized carbons (Fsp3) is 0.286. The third kappa shape index (κ3) is 3.42. The molecular weight excluding hydrogens is 394 g/mol. The topological polar surface area (TPSA) is 73.1 Å². The summed E-state index contributed by atoms with van der Waals surface area (Å²) in [5, 5.41) is 1.48. The number of nitrogens with zero attached hydrogens (tertiary/aromatic N) is 2. The number of aromatic nitrogens is 1. The van der Waals surface area contributed by atoms with E-state index in [0.29, 0.717) is 34.9 Å². The molecule has 146 valence electrons. The highest BCUT2D eigenvalue weighted by Gasteiger charge is 2.44. The molecule has 3 aromatic rings. The Labute approximate surface area is 170 Å². The summed E-state index contributed by atoms with van der Waals surface area (Å²) in [5.74, 6) is 6.90. The number of hydrogen-bond donors (Lipinski definition) is 1. The first-order chi connectivity index (χ1) is 13.4. The SMILES string of the molecule is N[N+]1(S(=O)(=O)c2cccc3c(Cl)nccc23)CCC(Cc2ccccc2)CC1. The molecule has 0 unspecified atom stereocenters. The number of fused-ring (bicyclic) bond motifs is 1. The highest BCUT2D eigenvalue weighted by atomic mass is 35.5. The van der Waals surface area contributed by atoms with Gasteiger partial charge in [0.25, 0.3) is 0 Å². The van der Waals surface area contributed by atoms with Gasteiger partial charge in [-0.05, 0) is 30.0 Å². The molecule has 1 saturated heterocycles. The average molecular weight is 417 g/mol. The minimum Gasteiger partial charge on any atom is -0.244 e. The van der Waals surface area contributed by atoms with Gasteiger partial charge >= 0.3 is 10.0 Å². The standard InChI is InChI=1S/C21H23ClN3O2S/c22-21-19-7-4-8-20(18(19)9-12-24-21)28(26,27)25(23)13-10-17(11-14-25)15-16-5-2-1-3-6-16/h1-9,12,17H,10-11,13-15,23H2/q+1. The van der Waals surface area contributed by atoms with Crippen molar-refractivity contribution in [1.29, 1.82) is 0 Å². The number of pyridine rings is 1. The molecule has 0 saturated carbocycles. The van der Waals surface area contributed by atoms with Gasteiger partial charge in [-0.15, -0.1) is 4.00 Å². The summed E-state index contributed by atoms with van der Waals surface area (Å²) < 4.78 is 26.5. The van der Waals surface area contributed by atoms with Crippen molar-refractivity contribution in [2.75, 3.05) is 13.1 Å². The number of quaternary nitrogens is 1. The molecule has 1 aromatic heterocycles. The van der Waals surface area contributed by atoms with Gasteiger partial charge in [-0.3, -0.25) is 0 Å². The van der Waals surface area contributed by atoms with Crippen molar-refractivity contribution in [3.63, 3.8) is 0 Å². The Morgan fingerprint density at radius 3 is 2.43 bits per heavy atom. The zero-order valence-electron chi connectivity index (χ0n) is 15.5. The Balaban J connectivity index is 1.60. The van der Waals surface area contributed by atoms with E-state index >= 15 is 0 Å². The molecule has 0 bridgehead atoms. The first-order valence-electron chi connectivity index (χ1n) is 9.39. The van der Waals surface area contributed by atoms with Gasteiger partial charge in [-0.1, -0.05) is 54.1 Å². The smallest absolute Gasteiger partial charge is 0.244 e. The maximum atomic E-state index is 13.5. The Hall–Kier alpha value is -1.99. The number of halogens is 1. The summed E-state index contributed by atoms with van der Waals surface area (Å²) in [7, 11) is -3.77. The van der Waals surface area contributed by atoms with Crippen molar-refractivity contribution in [2.24, 2.45) is 11.8 Å². The van der Waals surface area contributed by atoms with E-state index in [9.17, 15) is 8.42 Å². The molecule has 0 atom stereocenters. The summed E-state index contributed by atoms with van der Waals surface area (Å²) in [6.07, 6.45) is 4.03. The average Bonchev–Trinajstić information content (AvgIpc) is 2.70. The van der Waals surface area contributed by atoms with Crippen molar-refractivity contribution in [3.8, 4) is 0 Å². The zero-order chi connectivity index (χ0) is 19.8. The molecule has 2 aromatic carbocycles. The molecule has 4 rings (SSSR count). The molecule has 0 aliphatic carbocycles. The van der Waals surface area contributed by atoms with Gasteiger partial charge in [0.2, 0.25) is 0 Å². The van der Waals surface area contributed by atoms with E-state index in [-0.39, 0.29) is 4.90 Å². The van der Waals surface area contributed by atoms with E-state index in [0.717, 1.165) is 19.3 Å². The summed E-state index contributed by atoms with van der Waals surface area (Å²) in [6.45, 7) is 0.796. The second-order valence-electron chi connectivity index (χ2n) is 7.46. The number of hydrogen-bond acceptors (Lipinski definition) is 4. The zero-order valence-corrected chi connectivity index (χ0v) is 17.0. The molecule has 1 fully saturated rings. The van der Waals surface area contributed by atoms with E-state index in [2.05, 4.69) is 17.1 Å². The third-order valence-corrected chi connectivity index (χ3v) is 8.21. The van der Waals surface area contributed by atoms with Crippen LogP contribution in [0.1, 0.15) is 18.4 Å². The summed E-state index contributed by atoms with van der Waals surface area (Å²) >= 11 is 6.15. The van der Waals surface area contributed by atoms with E-state index in [1.807, 2.05) is 18.2 Å². The number of sulfonamides is 1. The molecule has 28 heavy (non-hydrogen) atoms. The number of rotatable bonds is 4. The molecule has 2 N–H and O–H groups in total. The van der Waals surface area contributed by atoms with Gasteiger partial charge in [-0.25, -0.2) is 4.98 Å². The Morgan fingerprint density at radius 1 is 1.00 bits per heavy atom. The molecular formula is C21H23ClN3O2S+. The van der Waals surface area contributed by atoms with Crippen LogP contribution in [-0.4, -0.2) is 30.5 Å². The van der Waals surface area contributed by atoms with Crippen LogP contribution in [0, 0.1) is 5.92 Å². The van der Waals surface area contributed by atoms with E-state index in [1.165, 1.54) is 11.8 Å². The molecule has 0 spiro atoms. The highest BCUT2D eigenvalue weighted by Crippen LogP contribution is 2.34. The van der Waals surface area contributed by atoms with Crippen molar-refractivity contribution in [2.45, 2.75) is 24.2 Å². The minimum absolute atomic E-state index is 0.221. The fourth-order valence-corrected chi connectivity index (χ4v) is 6.02. The van der Waals surface area contributed by atoms with Crippen molar-refractivity contribution < 1.29 is 12.4 Å². The maximum Gasteiger partial charge on any atom is 0.345 e. The molecule has 5 nitrogen and oxygen atoms in total. The van der Waals surface area contributed by atoms with Gasteiger partial charge in [0.1, 0.15) is 23.1 Å². The van der Waals surface area contributed by atoms with E-state index < -0.39 is 14.0 Å². The monoisotopic (exact) mass is 416 g/mol. The minimum atomic E-state index is -3.77. The van der Waals surface area contributed by atoms with Gasteiger partial charge in [0, 0.05) is 29.8 Å². The van der Waals surface area contributed by atoms with Crippen LogP contribution >= 0.6 is 11.6 Å². The highest BCUT2D eigenvalue weighted by molar-refractivity contribution is 7.86. The van der Waals surface area contributed by atoms with Crippen LogP contribution in [0.5, 0.6) is 0 Å². The largest absolute Gasteiger partial charge is 0.345 e. The summed E-state index contributed by atoms with van der Waals surface area (Å²) in [4.78, 5) is 4.27. The number of nitrogens with two attached hydrogens (primary N) is 1. The maximum absolute atomic E-state index is 13.5. The van der Waals surface area contributed by atoms with Gasteiger partial charge in [0.05, 0.1) is 0 Å². The lowest BCUT2D eigenvalue weighted by Crippen LogP contribution is -2.61. The van der Waals surface area contributed by atoms with Crippen molar-refractivity contribution >= 4 is 32.4 Å². The lowest BCUT2D eigenvalue weighted by atomic mass is 9.91. The Kier molecular flexibility index (Phi) is 5.14. The second-order valence-corrected chi connectivity index (χ2v) is 9.94. The Bertz CT molecular complexity index is 1100. The first kappa shape index (κ1) is 19.3. The molecule has 7 heteroatoms. The van der Waals surface area contributed by atoms with Crippen LogP contribution in [0.15, 0.2) is 65.7 Å². The normalized spacial score (nSPS) is 23.0. The molecule has 2 heterocycles.